The Morgan fingerprint density at radius 2 is 2.07 bits per heavy atom. The highest BCUT2D eigenvalue weighted by atomic mass is 16.1. The number of carbonyl (C=O) groups is 1. The zero-order valence-electron chi connectivity index (χ0n) is 16.9. The summed E-state index contributed by atoms with van der Waals surface area (Å²) in [6, 6.07) is 14.4. The molecule has 1 aliphatic rings. The van der Waals surface area contributed by atoms with Gasteiger partial charge in [-0.3, -0.25) is 4.79 Å². The fraction of sp³-hybridized carbons (Fsp3) is 0.348. The van der Waals surface area contributed by atoms with E-state index in [1.165, 1.54) is 11.1 Å². The van der Waals surface area contributed by atoms with Gasteiger partial charge in [0.15, 0.2) is 0 Å². The first kappa shape index (κ1) is 19.3. The predicted octanol–water partition coefficient (Wildman–Crippen LogP) is 3.16. The third-order valence-electron chi connectivity index (χ3n) is 5.63. The molecular weight excluding hydrogens is 362 g/mol. The predicted molar refractivity (Wildman–Crippen MR) is 116 cm³/mol. The number of hydrogen-bond acceptors (Lipinski definition) is 5. The summed E-state index contributed by atoms with van der Waals surface area (Å²) in [4.78, 5) is 21.3. The van der Waals surface area contributed by atoms with Crippen molar-refractivity contribution in [3.63, 3.8) is 0 Å². The van der Waals surface area contributed by atoms with Gasteiger partial charge in [-0.25, -0.2) is 9.97 Å². The Labute approximate surface area is 170 Å². The number of benzene rings is 2. The minimum absolute atomic E-state index is 0.186. The van der Waals surface area contributed by atoms with Crippen molar-refractivity contribution in [2.45, 2.75) is 38.6 Å². The molecule has 4 rings (SSSR count). The SMILES string of the molecule is CCc1nc(N[C@H]2CNCC[C@@H]2c2cccc(C)c2)c2cccc(C(N)=O)c2n1. The molecule has 0 unspecified atom stereocenters. The van der Waals surface area contributed by atoms with Crippen molar-refractivity contribution < 1.29 is 4.79 Å². The van der Waals surface area contributed by atoms with Crippen LogP contribution in [0.4, 0.5) is 5.82 Å². The Balaban J connectivity index is 1.75. The average molecular weight is 390 g/mol. The molecule has 4 N–H and O–H groups in total. The number of nitrogens with two attached hydrogens (primary N) is 1. The van der Waals surface area contributed by atoms with Gasteiger partial charge in [0, 0.05) is 30.3 Å². The summed E-state index contributed by atoms with van der Waals surface area (Å²) < 4.78 is 0. The molecule has 1 fully saturated rings. The van der Waals surface area contributed by atoms with Gasteiger partial charge in [-0.1, -0.05) is 42.8 Å². The molecule has 1 aromatic heterocycles. The van der Waals surface area contributed by atoms with Crippen molar-refractivity contribution in [3.8, 4) is 0 Å². The quantitative estimate of drug-likeness (QED) is 0.623. The molecule has 0 radical (unpaired) electrons. The molecule has 3 aromatic rings. The van der Waals surface area contributed by atoms with E-state index < -0.39 is 5.91 Å². The first-order valence-electron chi connectivity index (χ1n) is 10.2. The van der Waals surface area contributed by atoms with Crippen LogP contribution in [0.1, 0.15) is 46.6 Å². The van der Waals surface area contributed by atoms with Crippen LogP contribution in [0.15, 0.2) is 42.5 Å². The van der Waals surface area contributed by atoms with Gasteiger partial charge in [-0.15, -0.1) is 0 Å². The zero-order chi connectivity index (χ0) is 20.4. The summed E-state index contributed by atoms with van der Waals surface area (Å²) in [5.41, 5.74) is 9.25. The molecule has 29 heavy (non-hydrogen) atoms. The summed E-state index contributed by atoms with van der Waals surface area (Å²) in [7, 11) is 0. The lowest BCUT2D eigenvalue weighted by molar-refractivity contribution is 0.100. The number of nitrogens with zero attached hydrogens (tertiary/aromatic N) is 2. The number of aromatic nitrogens is 2. The Morgan fingerprint density at radius 3 is 2.83 bits per heavy atom. The van der Waals surface area contributed by atoms with E-state index in [-0.39, 0.29) is 6.04 Å². The van der Waals surface area contributed by atoms with E-state index in [0.29, 0.717) is 29.2 Å². The molecule has 1 aliphatic heterocycles. The molecule has 1 amide bonds. The molecule has 6 heteroatoms. The van der Waals surface area contributed by atoms with Gasteiger partial charge in [0.05, 0.1) is 11.1 Å². The molecule has 2 atom stereocenters. The van der Waals surface area contributed by atoms with Gasteiger partial charge in [0.2, 0.25) is 0 Å². The van der Waals surface area contributed by atoms with Crippen LogP contribution in [0.5, 0.6) is 0 Å². The second kappa shape index (κ2) is 8.17. The van der Waals surface area contributed by atoms with Crippen LogP contribution in [-0.4, -0.2) is 35.0 Å². The zero-order valence-corrected chi connectivity index (χ0v) is 16.9. The monoisotopic (exact) mass is 389 g/mol. The number of carbonyl (C=O) groups excluding carboxylic acids is 1. The van der Waals surface area contributed by atoms with E-state index in [2.05, 4.69) is 46.8 Å². The number of para-hydroxylation sites is 1. The minimum Gasteiger partial charge on any atom is -0.366 e. The third kappa shape index (κ3) is 3.93. The lowest BCUT2D eigenvalue weighted by atomic mass is 9.85. The molecule has 0 spiro atoms. The number of fused-ring (bicyclic) bond motifs is 1. The maximum atomic E-state index is 11.9. The number of anilines is 1. The van der Waals surface area contributed by atoms with Crippen LogP contribution >= 0.6 is 0 Å². The minimum atomic E-state index is -0.473. The molecule has 2 heterocycles. The molecule has 0 aliphatic carbocycles. The van der Waals surface area contributed by atoms with Gasteiger partial charge in [0.25, 0.3) is 5.91 Å². The highest BCUT2D eigenvalue weighted by Crippen LogP contribution is 2.31. The van der Waals surface area contributed by atoms with Crippen molar-refractivity contribution in [3.05, 3.63) is 65.0 Å². The van der Waals surface area contributed by atoms with Crippen molar-refractivity contribution in [1.82, 2.24) is 15.3 Å². The molecular formula is C23H27N5O. The number of nitrogens with one attached hydrogen (secondary N) is 2. The molecule has 6 nitrogen and oxygen atoms in total. The highest BCUT2D eigenvalue weighted by molar-refractivity contribution is 6.07. The first-order valence-corrected chi connectivity index (χ1v) is 10.2. The number of hydrogen-bond donors (Lipinski definition) is 3. The van der Waals surface area contributed by atoms with Gasteiger partial charge >= 0.3 is 0 Å². The Morgan fingerprint density at radius 1 is 1.24 bits per heavy atom. The van der Waals surface area contributed by atoms with Crippen LogP contribution in [-0.2, 0) is 6.42 Å². The molecule has 150 valence electrons. The second-order valence-electron chi connectivity index (χ2n) is 7.67. The Bertz CT molecular complexity index is 1050. The van der Waals surface area contributed by atoms with Gasteiger partial charge in [0.1, 0.15) is 11.6 Å². The molecule has 0 bridgehead atoms. The second-order valence-corrected chi connectivity index (χ2v) is 7.67. The number of piperidine rings is 1. The maximum absolute atomic E-state index is 11.9. The fourth-order valence-electron chi connectivity index (χ4n) is 4.15. The molecule has 2 aromatic carbocycles. The summed E-state index contributed by atoms with van der Waals surface area (Å²) in [5, 5.41) is 7.99. The van der Waals surface area contributed by atoms with Crippen molar-refractivity contribution >= 4 is 22.6 Å². The van der Waals surface area contributed by atoms with E-state index in [0.717, 1.165) is 30.7 Å². The Kier molecular flexibility index (Phi) is 5.45. The summed E-state index contributed by atoms with van der Waals surface area (Å²) >= 11 is 0. The van der Waals surface area contributed by atoms with Crippen LogP contribution in [0, 0.1) is 6.92 Å². The summed E-state index contributed by atoms with van der Waals surface area (Å²) in [6.07, 6.45) is 1.74. The van der Waals surface area contributed by atoms with Crippen LogP contribution in [0.3, 0.4) is 0 Å². The Hall–Kier alpha value is -2.99. The standard InChI is InChI=1S/C23H27N5O/c1-3-20-27-21-17(22(24)29)8-5-9-18(21)23(28-20)26-19-13-25-11-10-16(19)15-7-4-6-14(2)12-15/h4-9,12,16,19,25H,3,10-11,13H2,1-2H3,(H2,24,29)(H,26,27,28)/t16-,19+/m1/s1. The van der Waals surface area contributed by atoms with E-state index in [1.807, 2.05) is 19.1 Å². The van der Waals surface area contributed by atoms with E-state index in [9.17, 15) is 4.79 Å². The fourth-order valence-corrected chi connectivity index (χ4v) is 4.15. The lowest BCUT2D eigenvalue weighted by Crippen LogP contribution is -2.44. The summed E-state index contributed by atoms with van der Waals surface area (Å²) in [5.74, 6) is 1.37. The highest BCUT2D eigenvalue weighted by Gasteiger charge is 2.27. The van der Waals surface area contributed by atoms with Gasteiger partial charge in [-0.05, 0) is 37.6 Å². The molecule has 1 saturated heterocycles. The average Bonchev–Trinajstić information content (AvgIpc) is 2.73. The molecule has 0 saturated carbocycles. The number of aryl methyl sites for hydroxylation is 2. The van der Waals surface area contributed by atoms with E-state index >= 15 is 0 Å². The smallest absolute Gasteiger partial charge is 0.250 e. The van der Waals surface area contributed by atoms with Gasteiger partial charge < -0.3 is 16.4 Å². The van der Waals surface area contributed by atoms with Crippen LogP contribution in [0.2, 0.25) is 0 Å². The number of amides is 1. The van der Waals surface area contributed by atoms with E-state index in [1.54, 1.807) is 6.07 Å². The lowest BCUT2D eigenvalue weighted by Gasteiger charge is -2.34. The number of rotatable bonds is 5. The van der Waals surface area contributed by atoms with Crippen LogP contribution < -0.4 is 16.4 Å². The van der Waals surface area contributed by atoms with Crippen molar-refractivity contribution in [1.29, 1.82) is 0 Å². The maximum Gasteiger partial charge on any atom is 0.250 e. The largest absolute Gasteiger partial charge is 0.366 e. The normalized spacial score (nSPS) is 19.2. The first-order chi connectivity index (χ1) is 14.1. The number of primary amides is 1. The topological polar surface area (TPSA) is 92.9 Å². The van der Waals surface area contributed by atoms with E-state index in [4.69, 9.17) is 10.7 Å². The summed E-state index contributed by atoms with van der Waals surface area (Å²) in [6.45, 7) is 5.98. The van der Waals surface area contributed by atoms with Crippen molar-refractivity contribution in [2.24, 2.45) is 5.73 Å². The third-order valence-corrected chi connectivity index (χ3v) is 5.63. The van der Waals surface area contributed by atoms with Crippen molar-refractivity contribution in [2.75, 3.05) is 18.4 Å². The van der Waals surface area contributed by atoms with Gasteiger partial charge in [-0.2, -0.15) is 0 Å². The van der Waals surface area contributed by atoms with Crippen LogP contribution in [0.25, 0.3) is 10.9 Å².